The molecule has 3 rings (SSSR count). The van der Waals surface area contributed by atoms with Crippen LogP contribution in [0.15, 0.2) is 72.0 Å². The van der Waals surface area contributed by atoms with E-state index in [0.29, 0.717) is 6.61 Å². The first-order valence-corrected chi connectivity index (χ1v) is 10.1. The molecular formula is C26H30O2. The van der Waals surface area contributed by atoms with E-state index in [2.05, 4.69) is 57.7 Å². The molecule has 2 nitrogen and oxygen atoms in total. The molecule has 0 aromatic heterocycles. The number of hydrogen-bond acceptors (Lipinski definition) is 2. The number of carbonyl (C=O) groups is 1. The Balaban J connectivity index is 2.30. The maximum Gasteiger partial charge on any atom is 0.313 e. The highest BCUT2D eigenvalue weighted by atomic mass is 16.5. The predicted molar refractivity (Wildman–Crippen MR) is 115 cm³/mol. The van der Waals surface area contributed by atoms with Crippen molar-refractivity contribution in [2.24, 2.45) is 16.7 Å². The van der Waals surface area contributed by atoms with E-state index in [-0.39, 0.29) is 22.7 Å². The van der Waals surface area contributed by atoms with E-state index in [0.717, 1.165) is 28.7 Å². The average molecular weight is 375 g/mol. The highest BCUT2D eigenvalue weighted by Crippen LogP contribution is 2.58. The van der Waals surface area contributed by atoms with Crippen LogP contribution >= 0.6 is 0 Å². The Morgan fingerprint density at radius 1 is 0.964 bits per heavy atom. The Labute approximate surface area is 168 Å². The molecule has 1 atom stereocenters. The van der Waals surface area contributed by atoms with Gasteiger partial charge in [-0.15, -0.1) is 5.73 Å². The Bertz CT molecular complexity index is 856. The van der Waals surface area contributed by atoms with Crippen LogP contribution in [0.4, 0.5) is 0 Å². The zero-order valence-electron chi connectivity index (χ0n) is 17.6. The first-order chi connectivity index (χ1) is 13.3. The van der Waals surface area contributed by atoms with Crippen molar-refractivity contribution < 1.29 is 9.53 Å². The van der Waals surface area contributed by atoms with Gasteiger partial charge in [-0.05, 0) is 40.9 Å². The number of hydrogen-bond donors (Lipinski definition) is 0. The summed E-state index contributed by atoms with van der Waals surface area (Å²) < 4.78 is 5.43. The summed E-state index contributed by atoms with van der Waals surface area (Å²) in [5.74, 6) is -0.392. The molecule has 1 aliphatic carbocycles. The predicted octanol–water partition coefficient (Wildman–Crippen LogP) is 6.28. The molecule has 0 radical (unpaired) electrons. The van der Waals surface area contributed by atoms with Crippen molar-refractivity contribution in [2.75, 3.05) is 6.61 Å². The molecule has 0 saturated heterocycles. The maximum atomic E-state index is 12.8. The molecule has 0 N–H and O–H groups in total. The maximum absolute atomic E-state index is 12.8. The fourth-order valence-corrected chi connectivity index (χ4v) is 4.01. The fraction of sp³-hybridized carbons (Fsp3) is 0.385. The van der Waals surface area contributed by atoms with Crippen molar-refractivity contribution in [2.45, 2.75) is 41.0 Å². The third-order valence-corrected chi connectivity index (χ3v) is 6.38. The van der Waals surface area contributed by atoms with Crippen LogP contribution in [0.1, 0.15) is 52.2 Å². The molecule has 1 aliphatic rings. The van der Waals surface area contributed by atoms with Crippen molar-refractivity contribution in [3.63, 3.8) is 0 Å². The van der Waals surface area contributed by atoms with E-state index in [1.165, 1.54) is 0 Å². The number of rotatable bonds is 4. The minimum absolute atomic E-state index is 0.0226. The molecule has 2 heteroatoms. The van der Waals surface area contributed by atoms with Gasteiger partial charge in [0.25, 0.3) is 0 Å². The molecule has 1 unspecified atom stereocenters. The largest absolute Gasteiger partial charge is 0.466 e. The molecule has 2 aromatic carbocycles. The lowest BCUT2D eigenvalue weighted by atomic mass is 9.69. The first kappa shape index (κ1) is 20.2. The molecule has 0 heterocycles. The first-order valence-electron chi connectivity index (χ1n) is 10.1. The van der Waals surface area contributed by atoms with Gasteiger partial charge < -0.3 is 4.74 Å². The minimum Gasteiger partial charge on any atom is -0.466 e. The standard InChI is InChI=1S/C26H30O2/c1-6-28-24(27)22-18-25(2,3)26(4,5)23(22)17-21(19-13-9-7-10-14-19)20-15-11-8-12-16-20/h7-16,22H,6,18H2,1-5H3. The van der Waals surface area contributed by atoms with Crippen molar-refractivity contribution in [1.82, 2.24) is 0 Å². The van der Waals surface area contributed by atoms with Gasteiger partial charge in [-0.25, -0.2) is 0 Å². The Morgan fingerprint density at radius 2 is 1.46 bits per heavy atom. The smallest absolute Gasteiger partial charge is 0.313 e. The van der Waals surface area contributed by atoms with E-state index in [1.807, 2.05) is 43.3 Å². The molecule has 1 saturated carbocycles. The van der Waals surface area contributed by atoms with Crippen LogP contribution in [-0.4, -0.2) is 12.6 Å². The zero-order valence-corrected chi connectivity index (χ0v) is 17.6. The van der Waals surface area contributed by atoms with E-state index >= 15 is 0 Å². The molecule has 0 aliphatic heterocycles. The van der Waals surface area contributed by atoms with Crippen molar-refractivity contribution >= 4 is 11.5 Å². The molecule has 0 amide bonds. The summed E-state index contributed by atoms with van der Waals surface area (Å²) in [5, 5.41) is 0. The highest BCUT2D eigenvalue weighted by molar-refractivity contribution is 5.82. The fourth-order valence-electron chi connectivity index (χ4n) is 4.01. The highest BCUT2D eigenvalue weighted by Gasteiger charge is 2.53. The normalized spacial score (nSPS) is 19.8. The van der Waals surface area contributed by atoms with Gasteiger partial charge in [-0.3, -0.25) is 4.79 Å². The summed E-state index contributed by atoms with van der Waals surface area (Å²) in [6.45, 7) is 11.2. The number of ether oxygens (including phenoxy) is 1. The van der Waals surface area contributed by atoms with Gasteiger partial charge in [0.15, 0.2) is 0 Å². The molecule has 0 bridgehead atoms. The van der Waals surface area contributed by atoms with Crippen molar-refractivity contribution in [3.05, 3.63) is 83.1 Å². The zero-order chi connectivity index (χ0) is 20.4. The van der Waals surface area contributed by atoms with Crippen LogP contribution in [0.25, 0.3) is 5.57 Å². The second-order valence-electron chi connectivity index (χ2n) is 8.66. The quantitative estimate of drug-likeness (QED) is 0.465. The van der Waals surface area contributed by atoms with Crippen LogP contribution in [0.3, 0.4) is 0 Å². The molecule has 0 spiro atoms. The second-order valence-corrected chi connectivity index (χ2v) is 8.66. The van der Waals surface area contributed by atoms with Gasteiger partial charge in [0.05, 0.1) is 12.5 Å². The summed E-state index contributed by atoms with van der Waals surface area (Å²) in [7, 11) is 0. The third-order valence-electron chi connectivity index (χ3n) is 6.38. The van der Waals surface area contributed by atoms with Crippen LogP contribution in [0.2, 0.25) is 0 Å². The van der Waals surface area contributed by atoms with E-state index in [9.17, 15) is 4.79 Å². The number of esters is 1. The minimum atomic E-state index is -0.257. The van der Waals surface area contributed by atoms with Gasteiger partial charge in [0, 0.05) is 5.57 Å². The van der Waals surface area contributed by atoms with Crippen molar-refractivity contribution in [1.29, 1.82) is 0 Å². The summed E-state index contributed by atoms with van der Waals surface area (Å²) in [4.78, 5) is 12.8. The van der Waals surface area contributed by atoms with Crippen molar-refractivity contribution in [3.8, 4) is 0 Å². The van der Waals surface area contributed by atoms with Crippen LogP contribution < -0.4 is 0 Å². The van der Waals surface area contributed by atoms with Crippen LogP contribution in [-0.2, 0) is 9.53 Å². The molecule has 28 heavy (non-hydrogen) atoms. The number of benzene rings is 2. The SMILES string of the molecule is CCOC(=O)C1CC(C)(C)C(C)(C)C1=C=C(c1ccccc1)c1ccccc1. The molecular weight excluding hydrogens is 344 g/mol. The lowest BCUT2D eigenvalue weighted by molar-refractivity contribution is -0.146. The van der Waals surface area contributed by atoms with E-state index in [1.54, 1.807) is 0 Å². The lowest BCUT2D eigenvalue weighted by Crippen LogP contribution is -2.27. The lowest BCUT2D eigenvalue weighted by Gasteiger charge is -2.35. The molecule has 1 fully saturated rings. The monoisotopic (exact) mass is 374 g/mol. The summed E-state index contributed by atoms with van der Waals surface area (Å²) in [6, 6.07) is 20.6. The summed E-state index contributed by atoms with van der Waals surface area (Å²) >= 11 is 0. The third kappa shape index (κ3) is 3.70. The Morgan fingerprint density at radius 3 is 1.93 bits per heavy atom. The molecule has 2 aromatic rings. The van der Waals surface area contributed by atoms with Gasteiger partial charge in [0.2, 0.25) is 0 Å². The van der Waals surface area contributed by atoms with Gasteiger partial charge in [-0.2, -0.15) is 0 Å². The topological polar surface area (TPSA) is 26.3 Å². The van der Waals surface area contributed by atoms with Gasteiger partial charge in [-0.1, -0.05) is 88.4 Å². The number of carbonyl (C=O) groups excluding carboxylic acids is 1. The second kappa shape index (κ2) is 7.81. The average Bonchev–Trinajstić information content (AvgIpc) is 2.86. The Kier molecular flexibility index (Phi) is 5.63. The van der Waals surface area contributed by atoms with E-state index in [4.69, 9.17) is 4.74 Å². The van der Waals surface area contributed by atoms with Gasteiger partial charge >= 0.3 is 5.97 Å². The Hall–Kier alpha value is -2.57. The van der Waals surface area contributed by atoms with Gasteiger partial charge in [0.1, 0.15) is 0 Å². The summed E-state index contributed by atoms with van der Waals surface area (Å²) in [6.07, 6.45) is 0.776. The van der Waals surface area contributed by atoms with E-state index < -0.39 is 0 Å². The molecule has 146 valence electrons. The van der Waals surface area contributed by atoms with Crippen LogP contribution in [0, 0.1) is 16.7 Å². The van der Waals surface area contributed by atoms with Crippen LogP contribution in [0.5, 0.6) is 0 Å². The summed E-state index contributed by atoms with van der Waals surface area (Å²) in [5.41, 5.74) is 7.79.